The smallest absolute Gasteiger partial charge is 0.255 e. The normalized spacial score (nSPS) is 13.8. The molecule has 4 heteroatoms. The van der Waals surface area contributed by atoms with Crippen molar-refractivity contribution in [1.29, 1.82) is 0 Å². The molecule has 0 aromatic heterocycles. The lowest BCUT2D eigenvalue weighted by molar-refractivity contribution is 0.0909. The highest BCUT2D eigenvalue weighted by atomic mass is 79.9. The fraction of sp³-hybridized carbons (Fsp3) is 0.500. The summed E-state index contributed by atoms with van der Waals surface area (Å²) in [4.78, 5) is 12.3. The van der Waals surface area contributed by atoms with Crippen LogP contribution in [-0.2, 0) is 0 Å². The van der Waals surface area contributed by atoms with Gasteiger partial charge in [0.15, 0.2) is 0 Å². The Morgan fingerprint density at radius 3 is 2.61 bits per heavy atom. The molecule has 1 N–H and O–H groups in total. The molecule has 1 rings (SSSR count). The molecule has 0 heterocycles. The highest BCUT2D eigenvalue weighted by Gasteiger charge is 2.24. The van der Waals surface area contributed by atoms with E-state index in [1.165, 1.54) is 0 Å². The van der Waals surface area contributed by atoms with Gasteiger partial charge in [0, 0.05) is 10.9 Å². The zero-order valence-corrected chi connectivity index (χ0v) is 12.7. The molecule has 0 radical (unpaired) electrons. The maximum atomic E-state index is 12.3. The van der Waals surface area contributed by atoms with E-state index in [0.29, 0.717) is 17.9 Å². The van der Waals surface area contributed by atoms with Crippen LogP contribution >= 0.6 is 15.9 Å². The quantitative estimate of drug-likeness (QED) is 0.818. The molecule has 1 aromatic rings. The fourth-order valence-electron chi connectivity index (χ4n) is 1.49. The maximum absolute atomic E-state index is 12.3. The number of hydrogen-bond acceptors (Lipinski definition) is 2. The van der Waals surface area contributed by atoms with E-state index >= 15 is 0 Å². The molecule has 1 amide bonds. The van der Waals surface area contributed by atoms with E-state index < -0.39 is 0 Å². The van der Waals surface area contributed by atoms with Gasteiger partial charge in [0.1, 0.15) is 5.75 Å². The van der Waals surface area contributed by atoms with Crippen molar-refractivity contribution in [3.8, 4) is 5.75 Å². The summed E-state index contributed by atoms with van der Waals surface area (Å²) in [5.74, 6) is 0.536. The first-order valence-electron chi connectivity index (χ1n) is 6.16. The average Bonchev–Trinajstić information content (AvgIpc) is 2.39. The summed E-state index contributed by atoms with van der Waals surface area (Å²) < 4.78 is 5.47. The summed E-state index contributed by atoms with van der Waals surface area (Å²) in [7, 11) is 0. The van der Waals surface area contributed by atoms with Crippen molar-refractivity contribution < 1.29 is 9.53 Å². The predicted octanol–water partition coefficient (Wildman–Crippen LogP) is 3.38. The van der Waals surface area contributed by atoms with Crippen LogP contribution < -0.4 is 10.1 Å². The Labute approximate surface area is 117 Å². The number of hydrogen-bond donors (Lipinski definition) is 1. The average molecular weight is 314 g/mol. The topological polar surface area (TPSA) is 38.3 Å². The van der Waals surface area contributed by atoms with Crippen LogP contribution in [0.15, 0.2) is 24.3 Å². The molecule has 3 nitrogen and oxygen atoms in total. The molecular weight excluding hydrogens is 294 g/mol. The molecular formula is C14H20BrNO2. The zero-order chi connectivity index (χ0) is 13.6. The van der Waals surface area contributed by atoms with Gasteiger partial charge in [-0.15, -0.1) is 0 Å². The number of nitrogens with one attached hydrogen (secondary N) is 1. The predicted molar refractivity (Wildman–Crippen MR) is 77.6 cm³/mol. The van der Waals surface area contributed by atoms with E-state index in [4.69, 9.17) is 4.74 Å². The van der Waals surface area contributed by atoms with E-state index in [-0.39, 0.29) is 11.4 Å². The summed E-state index contributed by atoms with van der Waals surface area (Å²) in [6.07, 6.45) is 0.862. The summed E-state index contributed by atoms with van der Waals surface area (Å²) in [6.45, 7) is 6.52. The van der Waals surface area contributed by atoms with Crippen LogP contribution in [0.5, 0.6) is 5.75 Å². The Balaban J connectivity index is 2.90. The second-order valence-corrected chi connectivity index (χ2v) is 4.99. The highest BCUT2D eigenvalue weighted by molar-refractivity contribution is 9.09. The number of amides is 1. The van der Waals surface area contributed by atoms with Gasteiger partial charge in [0.05, 0.1) is 12.2 Å². The van der Waals surface area contributed by atoms with Gasteiger partial charge in [0.25, 0.3) is 5.91 Å². The third-order valence-electron chi connectivity index (χ3n) is 2.92. The van der Waals surface area contributed by atoms with Crippen LogP contribution in [0.3, 0.4) is 0 Å². The largest absolute Gasteiger partial charge is 0.493 e. The minimum atomic E-state index is -0.240. The molecule has 18 heavy (non-hydrogen) atoms. The number of halogens is 1. The van der Waals surface area contributed by atoms with Crippen molar-refractivity contribution in [2.45, 2.75) is 32.7 Å². The third-order valence-corrected chi connectivity index (χ3v) is 4.16. The minimum Gasteiger partial charge on any atom is -0.493 e. The molecule has 0 spiro atoms. The third kappa shape index (κ3) is 3.73. The van der Waals surface area contributed by atoms with Crippen molar-refractivity contribution in [3.05, 3.63) is 29.8 Å². The van der Waals surface area contributed by atoms with Gasteiger partial charge in [-0.3, -0.25) is 4.79 Å². The minimum absolute atomic E-state index is 0.0946. The molecule has 0 aliphatic rings. The Kier molecular flexibility index (Phi) is 5.66. The van der Waals surface area contributed by atoms with Crippen molar-refractivity contribution in [3.63, 3.8) is 0 Å². The summed E-state index contributed by atoms with van der Waals surface area (Å²) in [5.41, 5.74) is 0.344. The molecule has 0 bridgehead atoms. The van der Waals surface area contributed by atoms with Gasteiger partial charge >= 0.3 is 0 Å². The standard InChI is InChI=1S/C14H20BrNO2/c1-4-14(3,10-15)16-13(17)11-8-6-7-9-12(11)18-5-2/h6-9H,4-5,10H2,1-3H3,(H,16,17). The molecule has 0 fully saturated rings. The Morgan fingerprint density at radius 1 is 1.39 bits per heavy atom. The summed E-state index contributed by atoms with van der Waals surface area (Å²) >= 11 is 3.44. The number of alkyl halides is 1. The van der Waals surface area contributed by atoms with Crippen LogP contribution in [0, 0.1) is 0 Å². The SMILES string of the molecule is CCOc1ccccc1C(=O)NC(C)(CC)CBr. The van der Waals surface area contributed by atoms with Crippen LogP contribution in [0.2, 0.25) is 0 Å². The monoisotopic (exact) mass is 313 g/mol. The highest BCUT2D eigenvalue weighted by Crippen LogP contribution is 2.20. The van der Waals surface area contributed by atoms with Crippen LogP contribution in [0.1, 0.15) is 37.6 Å². The van der Waals surface area contributed by atoms with Crippen molar-refractivity contribution in [2.24, 2.45) is 0 Å². The fourth-order valence-corrected chi connectivity index (χ4v) is 2.03. The summed E-state index contributed by atoms with van der Waals surface area (Å²) in [5, 5.41) is 3.76. The first-order chi connectivity index (χ1) is 8.56. The Morgan fingerprint density at radius 2 is 2.06 bits per heavy atom. The second-order valence-electron chi connectivity index (χ2n) is 4.43. The number of carbonyl (C=O) groups excluding carboxylic acids is 1. The number of rotatable bonds is 6. The van der Waals surface area contributed by atoms with Crippen molar-refractivity contribution >= 4 is 21.8 Å². The van der Waals surface area contributed by atoms with E-state index in [1.807, 2.05) is 32.0 Å². The molecule has 0 aliphatic heterocycles. The molecule has 1 atom stereocenters. The molecule has 1 aromatic carbocycles. The van der Waals surface area contributed by atoms with Gasteiger partial charge in [0.2, 0.25) is 0 Å². The van der Waals surface area contributed by atoms with E-state index in [2.05, 4.69) is 28.2 Å². The molecule has 100 valence electrons. The van der Waals surface area contributed by atoms with Crippen molar-refractivity contribution in [2.75, 3.05) is 11.9 Å². The maximum Gasteiger partial charge on any atom is 0.255 e. The van der Waals surface area contributed by atoms with Gasteiger partial charge in [-0.05, 0) is 32.4 Å². The van der Waals surface area contributed by atoms with Crippen LogP contribution in [0.4, 0.5) is 0 Å². The van der Waals surface area contributed by atoms with E-state index in [0.717, 1.165) is 11.8 Å². The molecule has 0 aliphatic carbocycles. The van der Waals surface area contributed by atoms with Crippen LogP contribution in [-0.4, -0.2) is 23.4 Å². The molecule has 1 unspecified atom stereocenters. The lowest BCUT2D eigenvalue weighted by atomic mass is 10.0. The number of benzene rings is 1. The van der Waals surface area contributed by atoms with Gasteiger partial charge < -0.3 is 10.1 Å². The first-order valence-corrected chi connectivity index (χ1v) is 7.28. The Bertz CT molecular complexity index is 403. The van der Waals surface area contributed by atoms with Gasteiger partial charge in [-0.2, -0.15) is 0 Å². The number of ether oxygens (including phenoxy) is 1. The number of carbonyl (C=O) groups is 1. The lowest BCUT2D eigenvalue weighted by Gasteiger charge is -2.27. The Hall–Kier alpha value is -1.03. The van der Waals surface area contributed by atoms with E-state index in [9.17, 15) is 4.79 Å². The van der Waals surface area contributed by atoms with E-state index in [1.54, 1.807) is 6.07 Å². The van der Waals surface area contributed by atoms with Gasteiger partial charge in [-0.1, -0.05) is 35.0 Å². The van der Waals surface area contributed by atoms with Crippen molar-refractivity contribution in [1.82, 2.24) is 5.32 Å². The first kappa shape index (κ1) is 15.0. The van der Waals surface area contributed by atoms with Crippen LogP contribution in [0.25, 0.3) is 0 Å². The lowest BCUT2D eigenvalue weighted by Crippen LogP contribution is -2.47. The summed E-state index contributed by atoms with van der Waals surface area (Å²) in [6, 6.07) is 7.31. The second kappa shape index (κ2) is 6.78. The number of para-hydroxylation sites is 1. The molecule has 0 saturated heterocycles. The van der Waals surface area contributed by atoms with Gasteiger partial charge in [-0.25, -0.2) is 0 Å². The zero-order valence-electron chi connectivity index (χ0n) is 11.1. The molecule has 0 saturated carbocycles.